The maximum Gasteiger partial charge on any atom is 0.159 e. The van der Waals surface area contributed by atoms with E-state index in [9.17, 15) is 8.78 Å². The van der Waals surface area contributed by atoms with Crippen molar-refractivity contribution in [3.63, 3.8) is 0 Å². The van der Waals surface area contributed by atoms with E-state index in [-0.39, 0.29) is 5.92 Å². The fraction of sp³-hybridized carbons (Fsp3) is 0.294. The molecule has 0 fully saturated rings. The molecule has 0 bridgehead atoms. The van der Waals surface area contributed by atoms with Crippen LogP contribution in [0.3, 0.4) is 0 Å². The Labute approximate surface area is 117 Å². The van der Waals surface area contributed by atoms with Gasteiger partial charge in [0.25, 0.3) is 0 Å². The average molecular weight is 273 g/mol. The van der Waals surface area contributed by atoms with E-state index in [4.69, 9.17) is 0 Å². The molecule has 0 N–H and O–H groups in total. The van der Waals surface area contributed by atoms with E-state index in [1.165, 1.54) is 23.3 Å². The fourth-order valence-electron chi connectivity index (χ4n) is 3.14. The van der Waals surface area contributed by atoms with E-state index in [1.54, 1.807) is 6.07 Å². The van der Waals surface area contributed by atoms with E-state index >= 15 is 0 Å². The molecule has 3 rings (SSSR count). The minimum absolute atomic E-state index is 0.133. The van der Waals surface area contributed by atoms with Crippen LogP contribution in [0.1, 0.15) is 35.1 Å². The van der Waals surface area contributed by atoms with Crippen LogP contribution in [0.4, 0.5) is 8.78 Å². The number of halogens is 2. The first kappa shape index (κ1) is 13.3. The molecule has 0 aliphatic heterocycles. The van der Waals surface area contributed by atoms with Gasteiger partial charge in [0.05, 0.1) is 0 Å². The molecule has 2 aromatic rings. The number of fused-ring (bicyclic) bond motifs is 1. The van der Waals surface area contributed by atoms with Gasteiger partial charge in [-0.25, -0.2) is 8.78 Å². The summed E-state index contributed by atoms with van der Waals surface area (Å²) < 4.78 is 26.6. The molecular weight excluding hydrogens is 256 g/mol. The van der Waals surface area contributed by atoms with Gasteiger partial charge in [0.15, 0.2) is 11.6 Å². The lowest BCUT2D eigenvalue weighted by Crippen LogP contribution is -2.17. The molecular formula is C17H17F2N. The van der Waals surface area contributed by atoms with Crippen LogP contribution in [0, 0.1) is 11.6 Å². The Morgan fingerprint density at radius 1 is 0.950 bits per heavy atom. The normalized spacial score (nSPS) is 21.2. The van der Waals surface area contributed by atoms with Crippen LogP contribution in [0.5, 0.6) is 0 Å². The monoisotopic (exact) mass is 273 g/mol. The fourth-order valence-corrected chi connectivity index (χ4v) is 3.14. The van der Waals surface area contributed by atoms with Gasteiger partial charge in [-0.3, -0.25) is 0 Å². The Hall–Kier alpha value is -1.74. The quantitative estimate of drug-likeness (QED) is 0.796. The number of rotatable bonds is 2. The standard InChI is InChI=1S/C17H17F2N/c1-20(2)17-10-14(12-5-3-4-6-13(12)17)11-7-8-15(18)16(19)9-11/h3-9,14,17H,10H2,1-2H3/t14-,17-/m0/s1. The first-order valence-corrected chi connectivity index (χ1v) is 6.78. The molecule has 0 saturated carbocycles. The van der Waals surface area contributed by atoms with Crippen molar-refractivity contribution in [2.24, 2.45) is 0 Å². The van der Waals surface area contributed by atoms with Crippen LogP contribution < -0.4 is 0 Å². The second-order valence-corrected chi connectivity index (χ2v) is 5.57. The maximum absolute atomic E-state index is 13.5. The lowest BCUT2D eigenvalue weighted by Gasteiger charge is -2.20. The number of nitrogens with zero attached hydrogens (tertiary/aromatic N) is 1. The summed E-state index contributed by atoms with van der Waals surface area (Å²) in [6, 6.07) is 12.8. The van der Waals surface area contributed by atoms with Crippen molar-refractivity contribution in [2.75, 3.05) is 14.1 Å². The third-order valence-electron chi connectivity index (χ3n) is 4.16. The van der Waals surface area contributed by atoms with Crippen LogP contribution in [0.25, 0.3) is 0 Å². The molecule has 3 heteroatoms. The van der Waals surface area contributed by atoms with Crippen LogP contribution in [-0.4, -0.2) is 19.0 Å². The number of hydrogen-bond acceptors (Lipinski definition) is 1. The molecule has 2 atom stereocenters. The summed E-state index contributed by atoms with van der Waals surface area (Å²) in [6.45, 7) is 0. The van der Waals surface area contributed by atoms with Gasteiger partial charge < -0.3 is 4.90 Å². The van der Waals surface area contributed by atoms with E-state index in [0.29, 0.717) is 6.04 Å². The van der Waals surface area contributed by atoms with Crippen LogP contribution >= 0.6 is 0 Å². The van der Waals surface area contributed by atoms with Gasteiger partial charge in [-0.15, -0.1) is 0 Å². The van der Waals surface area contributed by atoms with Crippen molar-refractivity contribution in [3.8, 4) is 0 Å². The Bertz CT molecular complexity index is 637. The predicted molar refractivity (Wildman–Crippen MR) is 75.7 cm³/mol. The lowest BCUT2D eigenvalue weighted by molar-refractivity contribution is 0.293. The molecule has 20 heavy (non-hydrogen) atoms. The van der Waals surface area contributed by atoms with Crippen LogP contribution in [-0.2, 0) is 0 Å². The highest BCUT2D eigenvalue weighted by atomic mass is 19.2. The van der Waals surface area contributed by atoms with Gasteiger partial charge in [0.1, 0.15) is 0 Å². The topological polar surface area (TPSA) is 3.24 Å². The van der Waals surface area contributed by atoms with Crippen molar-refractivity contribution < 1.29 is 8.78 Å². The SMILES string of the molecule is CN(C)[C@H]1C[C@@H](c2ccc(F)c(F)c2)c2ccccc21. The summed E-state index contributed by atoms with van der Waals surface area (Å²) in [5.41, 5.74) is 3.35. The second-order valence-electron chi connectivity index (χ2n) is 5.57. The Morgan fingerprint density at radius 3 is 2.30 bits per heavy atom. The van der Waals surface area contributed by atoms with Gasteiger partial charge in [-0.1, -0.05) is 30.3 Å². The van der Waals surface area contributed by atoms with E-state index in [0.717, 1.165) is 12.0 Å². The maximum atomic E-state index is 13.5. The van der Waals surface area contributed by atoms with Crippen molar-refractivity contribution in [2.45, 2.75) is 18.4 Å². The van der Waals surface area contributed by atoms with Crippen molar-refractivity contribution in [3.05, 3.63) is 70.8 Å². The van der Waals surface area contributed by atoms with Crippen LogP contribution in [0.2, 0.25) is 0 Å². The molecule has 1 nitrogen and oxygen atoms in total. The summed E-state index contributed by atoms with van der Waals surface area (Å²) >= 11 is 0. The Morgan fingerprint density at radius 2 is 1.65 bits per heavy atom. The smallest absolute Gasteiger partial charge is 0.159 e. The summed E-state index contributed by atoms with van der Waals surface area (Å²) in [6.07, 6.45) is 0.900. The molecule has 0 saturated heterocycles. The van der Waals surface area contributed by atoms with Crippen molar-refractivity contribution in [1.82, 2.24) is 4.90 Å². The zero-order chi connectivity index (χ0) is 14.3. The molecule has 1 aliphatic carbocycles. The van der Waals surface area contributed by atoms with E-state index in [2.05, 4.69) is 31.1 Å². The predicted octanol–water partition coefficient (Wildman–Crippen LogP) is 4.10. The molecule has 0 spiro atoms. The number of benzene rings is 2. The molecule has 2 aromatic carbocycles. The molecule has 0 amide bonds. The first-order chi connectivity index (χ1) is 9.58. The van der Waals surface area contributed by atoms with Crippen molar-refractivity contribution in [1.29, 1.82) is 0 Å². The van der Waals surface area contributed by atoms with E-state index in [1.807, 2.05) is 12.1 Å². The lowest BCUT2D eigenvalue weighted by atomic mass is 9.93. The van der Waals surface area contributed by atoms with Gasteiger partial charge in [-0.05, 0) is 49.3 Å². The third-order valence-corrected chi connectivity index (χ3v) is 4.16. The molecule has 0 aromatic heterocycles. The highest BCUT2D eigenvalue weighted by molar-refractivity contribution is 5.44. The molecule has 0 radical (unpaired) electrons. The largest absolute Gasteiger partial charge is 0.302 e. The zero-order valence-corrected chi connectivity index (χ0v) is 11.6. The Balaban J connectivity index is 2.05. The summed E-state index contributed by atoms with van der Waals surface area (Å²) in [4.78, 5) is 2.18. The summed E-state index contributed by atoms with van der Waals surface area (Å²) in [7, 11) is 4.10. The third kappa shape index (κ3) is 2.12. The number of hydrogen-bond donors (Lipinski definition) is 0. The highest BCUT2D eigenvalue weighted by Gasteiger charge is 2.32. The highest BCUT2D eigenvalue weighted by Crippen LogP contribution is 2.45. The molecule has 1 aliphatic rings. The Kier molecular flexibility index (Phi) is 3.30. The molecule has 0 unspecified atom stereocenters. The minimum atomic E-state index is -0.788. The molecule has 0 heterocycles. The first-order valence-electron chi connectivity index (χ1n) is 6.78. The van der Waals surface area contributed by atoms with Gasteiger partial charge in [0, 0.05) is 12.0 Å². The van der Waals surface area contributed by atoms with Gasteiger partial charge in [-0.2, -0.15) is 0 Å². The van der Waals surface area contributed by atoms with Gasteiger partial charge in [0.2, 0.25) is 0 Å². The molecule has 104 valence electrons. The second kappa shape index (κ2) is 4.98. The van der Waals surface area contributed by atoms with Crippen LogP contribution in [0.15, 0.2) is 42.5 Å². The average Bonchev–Trinajstić information content (AvgIpc) is 2.82. The van der Waals surface area contributed by atoms with Crippen molar-refractivity contribution >= 4 is 0 Å². The summed E-state index contributed by atoms with van der Waals surface area (Å²) in [5.74, 6) is -1.42. The van der Waals surface area contributed by atoms with Gasteiger partial charge >= 0.3 is 0 Å². The van der Waals surface area contributed by atoms with E-state index < -0.39 is 11.6 Å². The minimum Gasteiger partial charge on any atom is -0.302 e. The summed E-state index contributed by atoms with van der Waals surface area (Å²) in [5, 5.41) is 0. The zero-order valence-electron chi connectivity index (χ0n) is 11.6.